The number of primary amides is 1. The third-order valence-electron chi connectivity index (χ3n) is 11.1. The second kappa shape index (κ2) is 28.0. The molecule has 23 nitrogen and oxygen atoms in total. The number of amides is 6. The molecule has 70 heavy (non-hydrogen) atoms. The molecule has 6 amide bonds. The first-order valence-corrected chi connectivity index (χ1v) is 24.8. The first kappa shape index (κ1) is 56.6. The molecule has 3 heterocycles. The van der Waals surface area contributed by atoms with Gasteiger partial charge in [-0.15, -0.1) is 0 Å². The van der Waals surface area contributed by atoms with Crippen molar-refractivity contribution >= 4 is 61.1 Å². The van der Waals surface area contributed by atoms with Crippen LogP contribution in [0.2, 0.25) is 5.02 Å². The predicted octanol–water partition coefficient (Wildman–Crippen LogP) is 1.64. The van der Waals surface area contributed by atoms with Crippen molar-refractivity contribution in [2.75, 3.05) is 19.8 Å². The molecule has 0 bridgehead atoms. The largest absolute Gasteiger partial charge is 0.487 e. The number of phosphoric acid groups is 1. The Morgan fingerprint density at radius 1 is 0.971 bits per heavy atom. The molecule has 6 atom stereocenters. The fraction of sp³-hybridized carbons (Fsp3) is 0.533. The number of likely N-dealkylation sites (tertiary alicyclic amines) is 1. The number of phosphoric ester groups is 1. The lowest BCUT2D eigenvalue weighted by atomic mass is 10.0. The summed E-state index contributed by atoms with van der Waals surface area (Å²) >= 11 is 6.21. The average molecular weight is 1020 g/mol. The smallest absolute Gasteiger partial charge is 0.469 e. The monoisotopic (exact) mass is 1020 g/mol. The number of nitrogens with two attached hydrogens (primary N) is 1. The molecule has 0 saturated carbocycles. The molecule has 0 radical (unpaired) electrons. The Labute approximate surface area is 410 Å². The number of imidazole rings is 1. The van der Waals surface area contributed by atoms with Crippen LogP contribution in [0.25, 0.3) is 0 Å². The van der Waals surface area contributed by atoms with Crippen molar-refractivity contribution in [3.63, 3.8) is 0 Å². The molecule has 9 N–H and O–H groups in total. The van der Waals surface area contributed by atoms with Crippen molar-refractivity contribution in [1.29, 1.82) is 0 Å². The van der Waals surface area contributed by atoms with Crippen LogP contribution in [0.4, 0.5) is 0 Å². The van der Waals surface area contributed by atoms with E-state index in [0.717, 1.165) is 25.5 Å². The van der Waals surface area contributed by atoms with Gasteiger partial charge in [-0.3, -0.25) is 38.3 Å². The number of hydrogen-bond donors (Lipinski definition) is 8. The van der Waals surface area contributed by atoms with E-state index >= 15 is 0 Å². The molecule has 0 aliphatic carbocycles. The molecule has 25 heteroatoms. The molecule has 4 rings (SSSR count). The zero-order valence-corrected chi connectivity index (χ0v) is 41.2. The summed E-state index contributed by atoms with van der Waals surface area (Å²) in [5.41, 5.74) is 7.27. The lowest BCUT2D eigenvalue weighted by molar-refractivity contribution is -0.139. The second-order valence-corrected chi connectivity index (χ2v) is 18.7. The van der Waals surface area contributed by atoms with Crippen LogP contribution in [0.5, 0.6) is 5.75 Å². The van der Waals surface area contributed by atoms with Gasteiger partial charge in [0.25, 0.3) is 0 Å². The fourth-order valence-corrected chi connectivity index (χ4v) is 8.29. The Hall–Kier alpha value is -5.97. The van der Waals surface area contributed by atoms with Crippen molar-refractivity contribution in [2.45, 2.75) is 129 Å². The van der Waals surface area contributed by atoms with Gasteiger partial charge in [0.2, 0.25) is 35.4 Å². The summed E-state index contributed by atoms with van der Waals surface area (Å²) < 4.78 is 23.7. The minimum Gasteiger partial charge on any atom is -0.487 e. The number of unbranched alkanes of at least 4 members (excludes halogenated alkanes) is 3. The number of nitrogens with one attached hydrogen (secondary N) is 4. The van der Waals surface area contributed by atoms with E-state index in [1.807, 2.05) is 32.0 Å². The summed E-state index contributed by atoms with van der Waals surface area (Å²) in [5, 5.41) is 24.8. The normalized spacial score (nSPS) is 16.0. The number of halogens is 1. The Kier molecular flexibility index (Phi) is 22.7. The molecule has 1 fully saturated rings. The summed E-state index contributed by atoms with van der Waals surface area (Å²) in [6, 6.07) is 3.81. The van der Waals surface area contributed by atoms with Crippen LogP contribution in [0.1, 0.15) is 89.6 Å². The van der Waals surface area contributed by atoms with Crippen molar-refractivity contribution in [3.8, 4) is 5.75 Å². The maximum Gasteiger partial charge on any atom is 0.469 e. The Bertz CT molecular complexity index is 2300. The minimum absolute atomic E-state index is 0.111. The number of aliphatic hydroxyl groups is 1. The number of benzene rings is 1. The standard InChI is InChI=1S/C45H64ClN10O13P/c1-28(2)20-35(52-45(63)38-13-11-18-56(38)30(4)58)42(60)51-36(43(61)53-37(25-57)44(62)54-40(41(47)59)29(3)69-70(64,65)66)22-34-24-48-27-55(34)17-9-5-6-10-19-68-50-23-31-21-32(46)14-15-39(31)67-26-33-12-7-8-16-49-33/h7-8,12,14-16,21,23-24,27-29,35-38,40,57H,5-6,9-11,13,17-20,22,25-26H2,1-4H3,(H2,47,59)(H,51,60)(H,52,63)(H,53,61)(H,54,62)(H2,64,65,66)/b50-23+/t29-,35+,36+,37+,38+,40+/m1/s1. The number of pyridine rings is 1. The van der Waals surface area contributed by atoms with Crippen molar-refractivity contribution in [3.05, 3.63) is 77.1 Å². The van der Waals surface area contributed by atoms with Gasteiger partial charge in [-0.25, -0.2) is 9.55 Å². The predicted molar refractivity (Wildman–Crippen MR) is 254 cm³/mol. The van der Waals surface area contributed by atoms with Crippen LogP contribution in [-0.2, 0) is 62.3 Å². The molecule has 1 aromatic carbocycles. The number of carbonyl (C=O) groups is 6. The first-order chi connectivity index (χ1) is 33.3. The van der Waals surface area contributed by atoms with E-state index in [4.69, 9.17) is 26.9 Å². The second-order valence-electron chi connectivity index (χ2n) is 17.1. The summed E-state index contributed by atoms with van der Waals surface area (Å²) in [5.74, 6) is -4.45. The van der Waals surface area contributed by atoms with Crippen LogP contribution in [0, 0.1) is 5.92 Å². The zero-order valence-electron chi connectivity index (χ0n) is 39.6. The van der Waals surface area contributed by atoms with Crippen molar-refractivity contribution in [1.82, 2.24) is 40.7 Å². The average Bonchev–Trinajstić information content (AvgIpc) is 3.98. The van der Waals surface area contributed by atoms with Gasteiger partial charge in [0.05, 0.1) is 30.9 Å². The highest BCUT2D eigenvalue weighted by atomic mass is 35.5. The Morgan fingerprint density at radius 2 is 1.69 bits per heavy atom. The quantitative estimate of drug-likeness (QED) is 0.0212. The maximum absolute atomic E-state index is 14.1. The molecule has 3 aromatic rings. The van der Waals surface area contributed by atoms with E-state index in [1.165, 1.54) is 24.2 Å². The number of aliphatic hydroxyl groups excluding tert-OH is 1. The van der Waals surface area contributed by atoms with Gasteiger partial charge in [-0.05, 0) is 81.7 Å². The highest BCUT2D eigenvalue weighted by Crippen LogP contribution is 2.38. The minimum atomic E-state index is -5.13. The number of rotatable bonds is 29. The number of aromatic nitrogens is 3. The summed E-state index contributed by atoms with van der Waals surface area (Å²) in [4.78, 5) is 113. The molecular formula is C45H64ClN10O13P. The van der Waals surface area contributed by atoms with Crippen LogP contribution in [0.3, 0.4) is 0 Å². The van der Waals surface area contributed by atoms with E-state index in [-0.39, 0.29) is 31.3 Å². The van der Waals surface area contributed by atoms with Gasteiger partial charge in [-0.2, -0.15) is 0 Å². The number of carbonyl (C=O) groups excluding carboxylic acids is 6. The molecule has 2 aromatic heterocycles. The zero-order chi connectivity index (χ0) is 51.4. The topological polar surface area (TPSA) is 328 Å². The number of nitrogens with zero attached hydrogens (tertiary/aromatic N) is 5. The number of hydrogen-bond acceptors (Lipinski definition) is 14. The summed E-state index contributed by atoms with van der Waals surface area (Å²) in [6.45, 7) is 6.55. The van der Waals surface area contributed by atoms with E-state index in [2.05, 4.69) is 40.9 Å². The molecule has 1 aliphatic heterocycles. The van der Waals surface area contributed by atoms with Crippen molar-refractivity contribution in [2.24, 2.45) is 16.8 Å². The number of aryl methyl sites for hydroxylation is 1. The van der Waals surface area contributed by atoms with Crippen LogP contribution < -0.4 is 31.7 Å². The van der Waals surface area contributed by atoms with Crippen LogP contribution in [0.15, 0.2) is 60.3 Å². The van der Waals surface area contributed by atoms with Gasteiger partial charge in [0, 0.05) is 55.1 Å². The van der Waals surface area contributed by atoms with Gasteiger partial charge in [0.15, 0.2) is 0 Å². The van der Waals surface area contributed by atoms with Gasteiger partial charge in [0.1, 0.15) is 49.2 Å². The Balaban J connectivity index is 1.41. The SMILES string of the molecule is CC(=O)N1CCC[C@H]1C(=O)N[C@@H](CC(C)C)C(=O)N[C@@H](Cc1cncn1CCCCCCO/N=C/c1cc(Cl)ccc1OCc1ccccn1)C(=O)N[C@@H](CO)C(=O)N[C@H](C(N)=O)[C@@H](C)OP(=O)(O)O. The third kappa shape index (κ3) is 18.7. The van der Waals surface area contributed by atoms with Gasteiger partial charge >= 0.3 is 7.82 Å². The summed E-state index contributed by atoms with van der Waals surface area (Å²) in [6.07, 6.45) is 8.59. The fourth-order valence-electron chi connectivity index (χ4n) is 7.55. The number of ether oxygens (including phenoxy) is 1. The van der Waals surface area contributed by atoms with E-state index in [9.17, 15) is 48.2 Å². The Morgan fingerprint density at radius 3 is 2.36 bits per heavy atom. The van der Waals surface area contributed by atoms with E-state index in [0.29, 0.717) is 67.4 Å². The van der Waals surface area contributed by atoms with Crippen LogP contribution >= 0.6 is 19.4 Å². The molecule has 0 spiro atoms. The molecule has 0 unspecified atom stereocenters. The molecule has 1 aliphatic rings. The number of oxime groups is 1. The lowest BCUT2D eigenvalue weighted by Crippen LogP contribution is -2.61. The molecule has 384 valence electrons. The maximum atomic E-state index is 14.1. The summed E-state index contributed by atoms with van der Waals surface area (Å²) in [7, 11) is -5.13. The highest BCUT2D eigenvalue weighted by Gasteiger charge is 2.37. The van der Waals surface area contributed by atoms with E-state index < -0.39 is 80.3 Å². The van der Waals surface area contributed by atoms with Crippen LogP contribution in [-0.4, -0.2) is 132 Å². The molecular weight excluding hydrogens is 955 g/mol. The lowest BCUT2D eigenvalue weighted by Gasteiger charge is -2.28. The van der Waals surface area contributed by atoms with Gasteiger partial charge < -0.3 is 60.9 Å². The molecule has 1 saturated heterocycles. The third-order valence-corrected chi connectivity index (χ3v) is 11.9. The first-order valence-electron chi connectivity index (χ1n) is 22.9. The van der Waals surface area contributed by atoms with Crippen molar-refractivity contribution < 1.29 is 62.3 Å². The highest BCUT2D eigenvalue weighted by molar-refractivity contribution is 7.46. The van der Waals surface area contributed by atoms with Gasteiger partial charge in [-0.1, -0.05) is 43.1 Å². The van der Waals surface area contributed by atoms with E-state index in [1.54, 1.807) is 35.3 Å².